The minimum absolute atomic E-state index is 0.128. The lowest BCUT2D eigenvalue weighted by Crippen LogP contribution is -2.41. The van der Waals surface area contributed by atoms with E-state index < -0.39 is 6.04 Å². The Bertz CT molecular complexity index is 985. The number of carbonyl (C=O) groups is 1. The maximum atomic E-state index is 14.7. The fourth-order valence-electron chi connectivity index (χ4n) is 3.74. The number of hydrogen-bond donors (Lipinski definition) is 0. The van der Waals surface area contributed by atoms with Crippen LogP contribution >= 0.6 is 0 Å². The van der Waals surface area contributed by atoms with E-state index in [2.05, 4.69) is 6.07 Å². The van der Waals surface area contributed by atoms with Crippen LogP contribution < -0.4 is 4.74 Å². The summed E-state index contributed by atoms with van der Waals surface area (Å²) in [5, 5.41) is 0. The van der Waals surface area contributed by atoms with Crippen molar-refractivity contribution in [1.82, 2.24) is 4.90 Å². The summed E-state index contributed by atoms with van der Waals surface area (Å²) in [6.45, 7) is 0.534. The monoisotopic (exact) mass is 361 g/mol. The lowest BCUT2D eigenvalue weighted by atomic mass is 9.87. The van der Waals surface area contributed by atoms with E-state index in [1.165, 1.54) is 6.07 Å². The number of methoxy groups -OCH3 is 1. The molecule has 0 fully saturated rings. The van der Waals surface area contributed by atoms with Gasteiger partial charge in [-0.15, -0.1) is 0 Å². The van der Waals surface area contributed by atoms with Crippen LogP contribution in [-0.2, 0) is 6.42 Å². The van der Waals surface area contributed by atoms with Crippen LogP contribution in [0.25, 0.3) is 0 Å². The quantitative estimate of drug-likeness (QED) is 0.681. The van der Waals surface area contributed by atoms with Crippen LogP contribution in [0.4, 0.5) is 4.39 Å². The summed E-state index contributed by atoms with van der Waals surface area (Å²) in [7, 11) is 1.57. The van der Waals surface area contributed by atoms with Crippen molar-refractivity contribution in [3.63, 3.8) is 0 Å². The summed E-state index contributed by atoms with van der Waals surface area (Å²) in [6, 6.07) is 21.3. The third-order valence-corrected chi connectivity index (χ3v) is 5.06. The number of nitrogens with zero attached hydrogens (tertiary/aromatic N) is 1. The molecule has 0 aromatic heterocycles. The molecule has 0 saturated carbocycles. The fraction of sp³-hybridized carbons (Fsp3) is 0.174. The van der Waals surface area contributed by atoms with Gasteiger partial charge in [0.2, 0.25) is 0 Å². The van der Waals surface area contributed by atoms with Crippen molar-refractivity contribution in [3.05, 3.63) is 101 Å². The molecule has 0 saturated heterocycles. The molecule has 1 aliphatic heterocycles. The normalized spacial score (nSPS) is 15.9. The first-order valence-electron chi connectivity index (χ1n) is 8.96. The summed E-state index contributed by atoms with van der Waals surface area (Å²) >= 11 is 0. The molecule has 3 aromatic rings. The number of amides is 1. The minimum Gasteiger partial charge on any atom is -0.497 e. The van der Waals surface area contributed by atoms with Crippen molar-refractivity contribution < 1.29 is 13.9 Å². The molecular weight excluding hydrogens is 341 g/mol. The van der Waals surface area contributed by atoms with Crippen LogP contribution in [0.15, 0.2) is 72.8 Å². The molecule has 1 heterocycles. The Morgan fingerprint density at radius 2 is 1.74 bits per heavy atom. The molecule has 0 spiro atoms. The van der Waals surface area contributed by atoms with Gasteiger partial charge < -0.3 is 9.64 Å². The largest absolute Gasteiger partial charge is 0.497 e. The van der Waals surface area contributed by atoms with Gasteiger partial charge in [0.1, 0.15) is 11.6 Å². The summed E-state index contributed by atoms with van der Waals surface area (Å²) in [5.41, 5.74) is 3.18. The van der Waals surface area contributed by atoms with E-state index in [4.69, 9.17) is 4.74 Å². The van der Waals surface area contributed by atoms with Crippen molar-refractivity contribution in [2.75, 3.05) is 13.7 Å². The Morgan fingerprint density at radius 3 is 2.52 bits per heavy atom. The van der Waals surface area contributed by atoms with Gasteiger partial charge in [0, 0.05) is 17.7 Å². The van der Waals surface area contributed by atoms with E-state index in [0.717, 1.165) is 17.5 Å². The average Bonchev–Trinajstić information content (AvgIpc) is 2.73. The number of fused-ring (bicyclic) bond motifs is 1. The molecule has 4 rings (SSSR count). The van der Waals surface area contributed by atoms with Crippen LogP contribution in [0.3, 0.4) is 0 Å². The van der Waals surface area contributed by atoms with Gasteiger partial charge in [0.25, 0.3) is 5.91 Å². The molecule has 0 N–H and O–H groups in total. The lowest BCUT2D eigenvalue weighted by Gasteiger charge is -2.38. The second-order valence-corrected chi connectivity index (χ2v) is 6.60. The van der Waals surface area contributed by atoms with Gasteiger partial charge in [-0.05, 0) is 41.8 Å². The van der Waals surface area contributed by atoms with Crippen LogP contribution in [0.5, 0.6) is 5.75 Å². The van der Waals surface area contributed by atoms with E-state index >= 15 is 0 Å². The molecule has 136 valence electrons. The number of halogens is 1. The highest BCUT2D eigenvalue weighted by molar-refractivity contribution is 5.95. The van der Waals surface area contributed by atoms with E-state index in [9.17, 15) is 9.18 Å². The first kappa shape index (κ1) is 17.3. The van der Waals surface area contributed by atoms with Gasteiger partial charge in [0.15, 0.2) is 0 Å². The molecule has 0 radical (unpaired) electrons. The summed E-state index contributed by atoms with van der Waals surface area (Å²) in [6.07, 6.45) is 0.747. The van der Waals surface area contributed by atoms with Crippen LogP contribution in [0.2, 0.25) is 0 Å². The highest BCUT2D eigenvalue weighted by atomic mass is 19.1. The Balaban J connectivity index is 1.81. The van der Waals surface area contributed by atoms with Crippen molar-refractivity contribution >= 4 is 5.91 Å². The second-order valence-electron chi connectivity index (χ2n) is 6.60. The Morgan fingerprint density at radius 1 is 1.00 bits per heavy atom. The fourth-order valence-corrected chi connectivity index (χ4v) is 3.74. The van der Waals surface area contributed by atoms with Crippen LogP contribution in [0, 0.1) is 5.82 Å². The summed E-state index contributed by atoms with van der Waals surface area (Å²) in [5.74, 6) is 0.194. The number of carbonyl (C=O) groups excluding carboxylic acids is 1. The number of hydrogen-bond acceptors (Lipinski definition) is 2. The van der Waals surface area contributed by atoms with Gasteiger partial charge in [0.05, 0.1) is 13.2 Å². The van der Waals surface area contributed by atoms with Gasteiger partial charge in [-0.3, -0.25) is 4.79 Å². The van der Waals surface area contributed by atoms with Gasteiger partial charge in [-0.25, -0.2) is 4.39 Å². The number of rotatable bonds is 3. The third kappa shape index (κ3) is 3.19. The second kappa shape index (κ2) is 7.23. The zero-order valence-corrected chi connectivity index (χ0v) is 15.1. The molecule has 3 aromatic carbocycles. The SMILES string of the molecule is COc1cccc(C(=O)N2CCc3ccccc3C2c2ccccc2F)c1. The highest BCUT2D eigenvalue weighted by Crippen LogP contribution is 2.37. The zero-order chi connectivity index (χ0) is 18.8. The van der Waals surface area contributed by atoms with E-state index in [0.29, 0.717) is 23.4 Å². The number of benzene rings is 3. The maximum Gasteiger partial charge on any atom is 0.254 e. The van der Waals surface area contributed by atoms with Crippen LogP contribution in [-0.4, -0.2) is 24.5 Å². The molecule has 27 heavy (non-hydrogen) atoms. The minimum atomic E-state index is -0.449. The molecule has 4 heteroatoms. The molecule has 1 amide bonds. The van der Waals surface area contributed by atoms with E-state index in [1.807, 2.05) is 24.3 Å². The van der Waals surface area contributed by atoms with Crippen molar-refractivity contribution in [2.45, 2.75) is 12.5 Å². The molecule has 0 bridgehead atoms. The summed E-state index contributed by atoms with van der Waals surface area (Å²) in [4.78, 5) is 15.1. The van der Waals surface area contributed by atoms with Gasteiger partial charge >= 0.3 is 0 Å². The molecule has 3 nitrogen and oxygen atoms in total. The Labute approximate surface area is 158 Å². The molecule has 0 aliphatic carbocycles. The standard InChI is InChI=1S/C23H20FNO2/c1-27-18-9-6-8-17(15-18)23(26)25-14-13-16-7-2-3-10-19(16)22(25)20-11-4-5-12-21(20)24/h2-12,15,22H,13-14H2,1H3. The van der Waals surface area contributed by atoms with Crippen molar-refractivity contribution in [3.8, 4) is 5.75 Å². The Hall–Kier alpha value is -3.14. The predicted octanol–water partition coefficient (Wildman–Crippen LogP) is 4.62. The molecule has 1 unspecified atom stereocenters. The average molecular weight is 361 g/mol. The van der Waals surface area contributed by atoms with E-state index in [1.54, 1.807) is 48.4 Å². The van der Waals surface area contributed by atoms with Gasteiger partial charge in [-0.2, -0.15) is 0 Å². The first-order chi connectivity index (χ1) is 13.2. The van der Waals surface area contributed by atoms with E-state index in [-0.39, 0.29) is 11.7 Å². The summed E-state index contributed by atoms with van der Waals surface area (Å²) < 4.78 is 19.9. The third-order valence-electron chi connectivity index (χ3n) is 5.06. The topological polar surface area (TPSA) is 29.5 Å². The van der Waals surface area contributed by atoms with Crippen LogP contribution in [0.1, 0.15) is 33.1 Å². The molecule has 1 aliphatic rings. The lowest BCUT2D eigenvalue weighted by molar-refractivity contribution is 0.0691. The predicted molar refractivity (Wildman–Crippen MR) is 102 cm³/mol. The first-order valence-corrected chi connectivity index (χ1v) is 8.96. The van der Waals surface area contributed by atoms with Crippen molar-refractivity contribution in [2.24, 2.45) is 0 Å². The van der Waals surface area contributed by atoms with Crippen molar-refractivity contribution in [1.29, 1.82) is 0 Å². The highest BCUT2D eigenvalue weighted by Gasteiger charge is 2.33. The maximum absolute atomic E-state index is 14.7. The zero-order valence-electron chi connectivity index (χ0n) is 15.1. The molecule has 1 atom stereocenters. The molecular formula is C23H20FNO2. The smallest absolute Gasteiger partial charge is 0.254 e. The van der Waals surface area contributed by atoms with Gasteiger partial charge in [-0.1, -0.05) is 48.5 Å². The number of ether oxygens (including phenoxy) is 1. The Kier molecular flexibility index (Phi) is 4.63.